The third kappa shape index (κ3) is 2.00. The van der Waals surface area contributed by atoms with Crippen LogP contribution in [0.5, 0.6) is 0 Å². The van der Waals surface area contributed by atoms with Gasteiger partial charge in [-0.2, -0.15) is 0 Å². The molecule has 4 aliphatic rings. The molecule has 4 atom stereocenters. The van der Waals surface area contributed by atoms with Crippen molar-refractivity contribution in [3.8, 4) is 0 Å². The van der Waals surface area contributed by atoms with Crippen molar-refractivity contribution in [2.75, 3.05) is 11.9 Å². The first kappa shape index (κ1) is 17.9. The summed E-state index contributed by atoms with van der Waals surface area (Å²) in [5.74, 6) is 1.35. The van der Waals surface area contributed by atoms with Crippen LogP contribution in [-0.4, -0.2) is 11.5 Å². The summed E-state index contributed by atoms with van der Waals surface area (Å²) in [6.07, 6.45) is 11.0. The fourth-order valence-corrected chi connectivity index (χ4v) is 8.54. The molecule has 1 fully saturated rings. The van der Waals surface area contributed by atoms with Gasteiger partial charge in [0.15, 0.2) is 5.13 Å². The molecule has 1 N–H and O–H groups in total. The van der Waals surface area contributed by atoms with E-state index in [-0.39, 0.29) is 5.41 Å². The molecule has 2 nitrogen and oxygen atoms in total. The number of nitrogens with one attached hydrogen (secondary N) is 1. The molecular weight excluding hydrogens is 372 g/mol. The number of benzene rings is 1. The van der Waals surface area contributed by atoms with Crippen LogP contribution in [0.15, 0.2) is 47.6 Å². The lowest BCUT2D eigenvalue weighted by Crippen LogP contribution is -2.57. The molecule has 0 amide bonds. The van der Waals surface area contributed by atoms with Crippen molar-refractivity contribution in [1.29, 1.82) is 0 Å². The monoisotopic (exact) mass is 402 g/mol. The first-order chi connectivity index (χ1) is 14.2. The zero-order valence-electron chi connectivity index (χ0n) is 17.7. The van der Waals surface area contributed by atoms with Gasteiger partial charge in [-0.25, -0.2) is 4.98 Å². The van der Waals surface area contributed by atoms with Crippen molar-refractivity contribution in [1.82, 2.24) is 4.98 Å². The number of aryl methyl sites for hydroxylation is 2. The van der Waals surface area contributed by atoms with E-state index in [1.54, 1.807) is 22.3 Å². The highest BCUT2D eigenvalue weighted by molar-refractivity contribution is 7.15. The Hall–Kier alpha value is -1.87. The van der Waals surface area contributed by atoms with E-state index >= 15 is 0 Å². The van der Waals surface area contributed by atoms with Gasteiger partial charge in [-0.1, -0.05) is 55.8 Å². The molecule has 4 unspecified atom stereocenters. The first-order valence-corrected chi connectivity index (χ1v) is 12.2. The Balaban J connectivity index is 1.44. The van der Waals surface area contributed by atoms with Crippen LogP contribution >= 0.6 is 11.3 Å². The summed E-state index contributed by atoms with van der Waals surface area (Å²) in [6.45, 7) is 7.86. The van der Waals surface area contributed by atoms with Gasteiger partial charge in [0.1, 0.15) is 0 Å². The second-order valence-corrected chi connectivity index (χ2v) is 10.5. The van der Waals surface area contributed by atoms with E-state index in [1.165, 1.54) is 36.3 Å². The number of hydrogen-bond donors (Lipinski definition) is 1. The predicted molar refractivity (Wildman–Crippen MR) is 122 cm³/mol. The summed E-state index contributed by atoms with van der Waals surface area (Å²) in [5.41, 5.74) is 8.54. The first-order valence-electron chi connectivity index (χ1n) is 11.4. The standard InChI is InChI=1S/C26H30N2S/c1-4-22-16(3)28-24(29-22)27-15-25-14-21-17-10-6-7-11-18(17)23(26(21,25)5-2)19-12-8-9-13-20(19)25/h6-7,9-11,13,21,23H,4-5,8,12,14-15H2,1-3H3,(H,27,28). The minimum atomic E-state index is 0.258. The van der Waals surface area contributed by atoms with Gasteiger partial charge in [0.2, 0.25) is 0 Å². The maximum Gasteiger partial charge on any atom is 0.183 e. The van der Waals surface area contributed by atoms with Crippen molar-refractivity contribution in [3.63, 3.8) is 0 Å². The summed E-state index contributed by atoms with van der Waals surface area (Å²) in [5, 5.41) is 4.95. The predicted octanol–water partition coefficient (Wildman–Crippen LogP) is 6.75. The number of anilines is 1. The van der Waals surface area contributed by atoms with E-state index in [0.29, 0.717) is 11.3 Å². The lowest BCUT2D eigenvalue weighted by atomic mass is 9.41. The summed E-state index contributed by atoms with van der Waals surface area (Å²) >= 11 is 1.85. The lowest BCUT2D eigenvalue weighted by Gasteiger charge is -2.62. The van der Waals surface area contributed by atoms with E-state index < -0.39 is 0 Å². The van der Waals surface area contributed by atoms with E-state index in [9.17, 15) is 0 Å². The zero-order valence-corrected chi connectivity index (χ0v) is 18.5. The molecule has 0 aliphatic heterocycles. The van der Waals surface area contributed by atoms with Crippen LogP contribution in [0, 0.1) is 17.8 Å². The van der Waals surface area contributed by atoms with Gasteiger partial charge in [0, 0.05) is 22.8 Å². The van der Waals surface area contributed by atoms with Crippen LogP contribution in [0.3, 0.4) is 0 Å². The van der Waals surface area contributed by atoms with E-state index in [0.717, 1.165) is 24.0 Å². The number of aromatic nitrogens is 1. The SMILES string of the molecule is CCc1sc(NCC23CC4c5ccccc5C(C5=C2C=CCC5)C43CC)nc1C. The minimum Gasteiger partial charge on any atom is -0.361 e. The third-order valence-electron chi connectivity index (χ3n) is 8.68. The van der Waals surface area contributed by atoms with Crippen molar-refractivity contribution in [3.05, 3.63) is 69.3 Å². The quantitative estimate of drug-likeness (QED) is 0.598. The Kier molecular flexibility index (Phi) is 3.76. The number of thiazole rings is 1. The van der Waals surface area contributed by atoms with Gasteiger partial charge in [-0.3, -0.25) is 0 Å². The molecule has 0 radical (unpaired) electrons. The van der Waals surface area contributed by atoms with Crippen LogP contribution in [-0.2, 0) is 6.42 Å². The van der Waals surface area contributed by atoms with Crippen molar-refractivity contribution >= 4 is 16.5 Å². The third-order valence-corrected chi connectivity index (χ3v) is 9.94. The molecule has 3 heteroatoms. The van der Waals surface area contributed by atoms with Crippen LogP contribution in [0.4, 0.5) is 5.13 Å². The Labute approximate surface area is 178 Å². The maximum absolute atomic E-state index is 4.84. The molecule has 6 rings (SSSR count). The molecule has 4 aliphatic carbocycles. The molecule has 1 aromatic carbocycles. The minimum absolute atomic E-state index is 0.258. The number of allylic oxidation sites excluding steroid dienone is 3. The number of rotatable bonds is 5. The topological polar surface area (TPSA) is 24.9 Å². The second-order valence-electron chi connectivity index (χ2n) is 9.41. The highest BCUT2D eigenvalue weighted by Crippen LogP contribution is 2.84. The van der Waals surface area contributed by atoms with Gasteiger partial charge < -0.3 is 5.32 Å². The Bertz CT molecular complexity index is 1060. The molecule has 1 heterocycles. The molecule has 150 valence electrons. The molecule has 0 bridgehead atoms. The average molecular weight is 403 g/mol. The molecular formula is C26H30N2S. The van der Waals surface area contributed by atoms with Gasteiger partial charge >= 0.3 is 0 Å². The molecule has 0 spiro atoms. The number of fused-ring (bicyclic) bond motifs is 5. The lowest BCUT2D eigenvalue weighted by molar-refractivity contribution is -0.0546. The van der Waals surface area contributed by atoms with Crippen LogP contribution in [0.25, 0.3) is 0 Å². The summed E-state index contributed by atoms with van der Waals surface area (Å²) in [6, 6.07) is 9.36. The Morgan fingerprint density at radius 1 is 1.21 bits per heavy atom. The fraction of sp³-hybridized carbons (Fsp3) is 0.500. The van der Waals surface area contributed by atoms with Crippen molar-refractivity contribution in [2.24, 2.45) is 10.8 Å². The molecule has 2 aromatic rings. The molecule has 1 saturated carbocycles. The van der Waals surface area contributed by atoms with Crippen LogP contribution in [0.1, 0.15) is 73.1 Å². The van der Waals surface area contributed by atoms with E-state index in [2.05, 4.69) is 62.5 Å². The van der Waals surface area contributed by atoms with Gasteiger partial charge in [-0.15, -0.1) is 11.3 Å². The fourth-order valence-electron chi connectivity index (χ4n) is 7.64. The highest BCUT2D eigenvalue weighted by atomic mass is 32.1. The van der Waals surface area contributed by atoms with Gasteiger partial charge in [-0.05, 0) is 67.1 Å². The second kappa shape index (κ2) is 6.07. The molecule has 29 heavy (non-hydrogen) atoms. The van der Waals surface area contributed by atoms with Crippen LogP contribution < -0.4 is 5.32 Å². The Morgan fingerprint density at radius 2 is 2.03 bits per heavy atom. The highest BCUT2D eigenvalue weighted by Gasteiger charge is 2.75. The van der Waals surface area contributed by atoms with Crippen LogP contribution in [0.2, 0.25) is 0 Å². The van der Waals surface area contributed by atoms with Crippen molar-refractivity contribution < 1.29 is 0 Å². The van der Waals surface area contributed by atoms with E-state index in [1.807, 2.05) is 11.3 Å². The summed E-state index contributed by atoms with van der Waals surface area (Å²) in [4.78, 5) is 6.26. The van der Waals surface area contributed by atoms with Gasteiger partial charge in [0.25, 0.3) is 0 Å². The number of hydrogen-bond acceptors (Lipinski definition) is 3. The normalized spacial score (nSPS) is 33.3. The van der Waals surface area contributed by atoms with Crippen molar-refractivity contribution in [2.45, 2.75) is 64.7 Å². The Morgan fingerprint density at radius 3 is 2.79 bits per heavy atom. The number of nitrogens with zero attached hydrogens (tertiary/aromatic N) is 1. The van der Waals surface area contributed by atoms with Gasteiger partial charge in [0.05, 0.1) is 5.69 Å². The van der Waals surface area contributed by atoms with E-state index in [4.69, 9.17) is 4.98 Å². The maximum atomic E-state index is 4.84. The summed E-state index contributed by atoms with van der Waals surface area (Å²) < 4.78 is 0. The molecule has 1 aromatic heterocycles. The average Bonchev–Trinajstić information content (AvgIpc) is 3.27. The largest absolute Gasteiger partial charge is 0.361 e. The summed E-state index contributed by atoms with van der Waals surface area (Å²) in [7, 11) is 0. The molecule has 0 saturated heterocycles. The zero-order chi connectivity index (χ0) is 19.8. The smallest absolute Gasteiger partial charge is 0.183 e.